The van der Waals surface area contributed by atoms with Gasteiger partial charge in [-0.3, -0.25) is 9.59 Å². The van der Waals surface area contributed by atoms with Crippen LogP contribution >= 0.6 is 11.8 Å². The maximum Gasteiger partial charge on any atom is 0.305 e. The molecule has 6 nitrogen and oxygen atoms in total. The molecule has 0 atom stereocenters. The zero-order chi connectivity index (χ0) is 38.9. The van der Waals surface area contributed by atoms with E-state index >= 15 is 0 Å². The van der Waals surface area contributed by atoms with Gasteiger partial charge in [0, 0.05) is 25.1 Å². The Bertz CT molecular complexity index is 833. The lowest BCUT2D eigenvalue weighted by molar-refractivity contribution is -0.144. The maximum atomic E-state index is 13.0. The lowest BCUT2D eigenvalue weighted by atomic mass is 10.1. The van der Waals surface area contributed by atoms with E-state index in [4.69, 9.17) is 9.47 Å². The molecule has 0 aliphatic heterocycles. The van der Waals surface area contributed by atoms with E-state index in [1.165, 1.54) is 147 Å². The van der Waals surface area contributed by atoms with Crippen molar-refractivity contribution in [2.24, 2.45) is 0 Å². The number of hydrogen-bond donors (Lipinski definition) is 0. The summed E-state index contributed by atoms with van der Waals surface area (Å²) in [5, 5.41) is 0.00613. The minimum atomic E-state index is -0.167. The summed E-state index contributed by atoms with van der Waals surface area (Å²) in [6.45, 7) is 11.0. The van der Waals surface area contributed by atoms with Crippen molar-refractivity contribution in [1.82, 2.24) is 9.80 Å². The van der Waals surface area contributed by atoms with Crippen LogP contribution in [0.2, 0.25) is 0 Å². The third kappa shape index (κ3) is 39.8. The highest BCUT2D eigenvalue weighted by Gasteiger charge is 2.15. The van der Waals surface area contributed by atoms with Gasteiger partial charge >= 0.3 is 5.97 Å². The molecule has 0 bridgehead atoms. The van der Waals surface area contributed by atoms with E-state index in [9.17, 15) is 9.59 Å². The molecule has 0 aromatic heterocycles. The van der Waals surface area contributed by atoms with E-state index in [1.807, 2.05) is 14.1 Å². The molecule has 0 aliphatic carbocycles. The predicted octanol–water partition coefficient (Wildman–Crippen LogP) is 13.9. The van der Waals surface area contributed by atoms with E-state index < -0.39 is 0 Å². The van der Waals surface area contributed by atoms with Gasteiger partial charge in [-0.1, -0.05) is 159 Å². The predicted molar refractivity (Wildman–Crippen MR) is 233 cm³/mol. The van der Waals surface area contributed by atoms with E-state index in [0.29, 0.717) is 26.1 Å². The zero-order valence-corrected chi connectivity index (χ0v) is 36.3. The fourth-order valence-corrected chi connectivity index (χ4v) is 7.14. The maximum absolute atomic E-state index is 13.0. The highest BCUT2D eigenvalue weighted by atomic mass is 32.2. The topological polar surface area (TPSA) is 59.1 Å². The summed E-state index contributed by atoms with van der Waals surface area (Å²) in [7, 11) is 4.02. The number of unbranched alkanes of at least 4 members (excludes halogenated alkanes) is 22. The van der Waals surface area contributed by atoms with Gasteiger partial charge in [0.2, 0.25) is 0 Å². The molecular formula is C46H86N2O4S. The summed E-state index contributed by atoms with van der Waals surface area (Å²) in [6, 6.07) is 0. The van der Waals surface area contributed by atoms with Gasteiger partial charge < -0.3 is 19.3 Å². The summed E-state index contributed by atoms with van der Waals surface area (Å²) < 4.78 is 11.5. The van der Waals surface area contributed by atoms with Crippen molar-refractivity contribution < 1.29 is 19.1 Å². The summed E-state index contributed by atoms with van der Waals surface area (Å²) in [5.74, 6) is 1.35. The van der Waals surface area contributed by atoms with Gasteiger partial charge in [-0.25, -0.2) is 0 Å². The molecule has 0 radical (unpaired) electrons. The van der Waals surface area contributed by atoms with Gasteiger partial charge in [0.25, 0.3) is 5.24 Å². The van der Waals surface area contributed by atoms with E-state index in [1.54, 1.807) is 4.90 Å². The Balaban J connectivity index is 4.06. The fourth-order valence-electron chi connectivity index (χ4n) is 6.15. The molecule has 0 aromatic carbocycles. The van der Waals surface area contributed by atoms with Gasteiger partial charge in [-0.2, -0.15) is 0 Å². The van der Waals surface area contributed by atoms with Gasteiger partial charge in [0.05, 0.1) is 18.8 Å². The van der Waals surface area contributed by atoms with Crippen LogP contribution in [0, 0.1) is 0 Å². The van der Waals surface area contributed by atoms with Crippen LogP contribution in [0.5, 0.6) is 0 Å². The molecule has 0 aromatic rings. The minimum absolute atomic E-state index is 0.00613. The average molecular weight is 763 g/mol. The van der Waals surface area contributed by atoms with Crippen molar-refractivity contribution in [3.05, 3.63) is 36.6 Å². The SMILES string of the molecule is C=C(CCCCCCCC=CCCCCCCCC)OCCN(CCOC(=O)CCCCCCCC=CCCCCCCCC)C(=O)SCCN(C)C. The highest BCUT2D eigenvalue weighted by Crippen LogP contribution is 2.15. The first kappa shape index (κ1) is 51.3. The Morgan fingerprint density at radius 1 is 0.528 bits per heavy atom. The number of nitrogens with zero attached hydrogens (tertiary/aromatic N) is 2. The molecule has 0 aliphatic rings. The Hall–Kier alpha value is -1.73. The minimum Gasteiger partial charge on any atom is -0.497 e. The largest absolute Gasteiger partial charge is 0.497 e. The van der Waals surface area contributed by atoms with E-state index in [0.717, 1.165) is 56.6 Å². The first-order valence-corrected chi connectivity index (χ1v) is 23.2. The quantitative estimate of drug-likeness (QED) is 0.0268. The van der Waals surface area contributed by atoms with Crippen LogP contribution in [0.1, 0.15) is 194 Å². The number of hydrogen-bond acceptors (Lipinski definition) is 6. The number of carbonyl (C=O) groups is 2. The van der Waals surface area contributed by atoms with Crippen molar-refractivity contribution >= 4 is 23.0 Å². The van der Waals surface area contributed by atoms with Crippen LogP contribution in [-0.2, 0) is 14.3 Å². The second-order valence-electron chi connectivity index (χ2n) is 15.2. The molecule has 7 heteroatoms. The number of carbonyl (C=O) groups excluding carboxylic acids is 2. The lowest BCUT2D eigenvalue weighted by Gasteiger charge is -2.23. The Morgan fingerprint density at radius 3 is 1.38 bits per heavy atom. The molecule has 0 rings (SSSR count). The van der Waals surface area contributed by atoms with Crippen LogP contribution < -0.4 is 0 Å². The smallest absolute Gasteiger partial charge is 0.305 e. The molecule has 310 valence electrons. The molecule has 53 heavy (non-hydrogen) atoms. The Morgan fingerprint density at radius 2 is 0.925 bits per heavy atom. The molecule has 0 N–H and O–H groups in total. The molecule has 0 spiro atoms. The summed E-state index contributed by atoms with van der Waals surface area (Å²) in [6.07, 6.45) is 43.6. The van der Waals surface area contributed by atoms with Crippen LogP contribution in [0.3, 0.4) is 0 Å². The number of ether oxygens (including phenoxy) is 2. The Kier molecular flexibility index (Phi) is 40.1. The second kappa shape index (κ2) is 41.4. The highest BCUT2D eigenvalue weighted by molar-refractivity contribution is 8.13. The van der Waals surface area contributed by atoms with Gasteiger partial charge in [-0.05, 0) is 78.3 Å². The van der Waals surface area contributed by atoms with Gasteiger partial charge in [0.1, 0.15) is 13.2 Å². The second-order valence-corrected chi connectivity index (χ2v) is 16.2. The number of allylic oxidation sites excluding steroid dienone is 5. The average Bonchev–Trinajstić information content (AvgIpc) is 3.14. The van der Waals surface area contributed by atoms with E-state index in [2.05, 4.69) is 49.6 Å². The van der Waals surface area contributed by atoms with Crippen LogP contribution in [0.15, 0.2) is 36.6 Å². The Labute approximate surface area is 333 Å². The molecule has 0 saturated carbocycles. The van der Waals surface area contributed by atoms with Gasteiger partial charge in [-0.15, -0.1) is 0 Å². The molecule has 0 fully saturated rings. The monoisotopic (exact) mass is 763 g/mol. The van der Waals surface area contributed by atoms with Crippen molar-refractivity contribution in [1.29, 1.82) is 0 Å². The summed E-state index contributed by atoms with van der Waals surface area (Å²) in [4.78, 5) is 29.2. The van der Waals surface area contributed by atoms with E-state index in [-0.39, 0.29) is 17.8 Å². The third-order valence-electron chi connectivity index (χ3n) is 9.67. The van der Waals surface area contributed by atoms with Crippen molar-refractivity contribution in [3.63, 3.8) is 0 Å². The standard InChI is InChI=1S/C46H86N2O4S/c1-6-8-10-12-14-16-18-20-22-24-26-28-30-32-34-36-44(3)51-41-38-48(46(50)53-43-40-47(4)5)39-42-52-45(49)37-35-33-31-29-27-25-23-21-19-17-15-13-11-9-7-2/h20-23H,3,6-19,24-43H2,1-2,4-5H3. The first-order chi connectivity index (χ1) is 25.9. The van der Waals surface area contributed by atoms with Crippen molar-refractivity contribution in [3.8, 4) is 0 Å². The van der Waals surface area contributed by atoms with Gasteiger partial charge in [0.15, 0.2) is 0 Å². The normalized spacial score (nSPS) is 11.6. The molecule has 0 saturated heterocycles. The molecule has 1 amide bonds. The third-order valence-corrected chi connectivity index (χ3v) is 10.6. The molecular weight excluding hydrogens is 677 g/mol. The molecule has 0 heterocycles. The number of rotatable bonds is 40. The number of amides is 1. The number of esters is 1. The van der Waals surface area contributed by atoms with Crippen LogP contribution in [0.25, 0.3) is 0 Å². The first-order valence-electron chi connectivity index (χ1n) is 22.2. The molecule has 0 unspecified atom stereocenters. The van der Waals surface area contributed by atoms with Crippen molar-refractivity contribution in [2.45, 2.75) is 194 Å². The fraction of sp³-hybridized carbons (Fsp3) is 0.826. The lowest BCUT2D eigenvalue weighted by Crippen LogP contribution is -2.35. The summed E-state index contributed by atoms with van der Waals surface area (Å²) >= 11 is 1.31. The van der Waals surface area contributed by atoms with Crippen molar-refractivity contribution in [2.75, 3.05) is 52.7 Å². The zero-order valence-electron chi connectivity index (χ0n) is 35.5. The van der Waals surface area contributed by atoms with Crippen LogP contribution in [0.4, 0.5) is 4.79 Å². The van der Waals surface area contributed by atoms with Crippen LogP contribution in [-0.4, -0.2) is 73.7 Å². The number of thioether (sulfide) groups is 1. The summed E-state index contributed by atoms with van der Waals surface area (Å²) in [5.41, 5.74) is 0.